The van der Waals surface area contributed by atoms with E-state index in [1.165, 1.54) is 11.6 Å². The number of methoxy groups -OCH3 is 3. The van der Waals surface area contributed by atoms with E-state index in [1.807, 2.05) is 12.1 Å². The van der Waals surface area contributed by atoms with E-state index in [0.717, 1.165) is 11.1 Å². The van der Waals surface area contributed by atoms with Gasteiger partial charge >= 0.3 is 0 Å². The summed E-state index contributed by atoms with van der Waals surface area (Å²) < 4.78 is 21.7. The Kier molecular flexibility index (Phi) is 6.87. The molecule has 0 radical (unpaired) electrons. The molecule has 2 N–H and O–H groups in total. The number of hydrogen-bond acceptors (Lipinski definition) is 6. The summed E-state index contributed by atoms with van der Waals surface area (Å²) in [5.41, 5.74) is 3.20. The van der Waals surface area contributed by atoms with Gasteiger partial charge in [-0.2, -0.15) is 0 Å². The van der Waals surface area contributed by atoms with Crippen LogP contribution < -0.4 is 24.4 Å². The normalized spacial score (nSPS) is 10.5. The maximum absolute atomic E-state index is 11.0. The Hall–Kier alpha value is -3.19. The first-order valence-electron chi connectivity index (χ1n) is 7.75. The first kappa shape index (κ1) is 19.1. The fraction of sp³-hybridized carbons (Fsp3) is 0.211. The van der Waals surface area contributed by atoms with Crippen LogP contribution in [0.3, 0.4) is 0 Å². The Labute approximate surface area is 151 Å². The van der Waals surface area contributed by atoms with E-state index in [-0.39, 0.29) is 0 Å². The first-order valence-corrected chi connectivity index (χ1v) is 7.75. The van der Waals surface area contributed by atoms with Crippen molar-refractivity contribution in [1.29, 1.82) is 0 Å². The van der Waals surface area contributed by atoms with Gasteiger partial charge in [-0.25, -0.2) is 5.48 Å². The van der Waals surface area contributed by atoms with Crippen LogP contribution in [0.5, 0.6) is 23.0 Å². The van der Waals surface area contributed by atoms with Gasteiger partial charge in [-0.15, -0.1) is 0 Å². The SMILES string of the molecule is COc1cc(COc2ccc(/C=C/C(=O)NO)cc2)cc(OC)c1OC. The molecule has 0 saturated heterocycles. The van der Waals surface area contributed by atoms with E-state index < -0.39 is 5.91 Å². The summed E-state index contributed by atoms with van der Waals surface area (Å²) in [6, 6.07) is 10.8. The maximum Gasteiger partial charge on any atom is 0.267 e. The molecule has 7 heteroatoms. The molecular formula is C19H21NO6. The number of amides is 1. The van der Waals surface area contributed by atoms with E-state index in [4.69, 9.17) is 24.2 Å². The second-order valence-corrected chi connectivity index (χ2v) is 5.20. The second-order valence-electron chi connectivity index (χ2n) is 5.20. The third-order valence-electron chi connectivity index (χ3n) is 3.55. The molecule has 2 aromatic carbocycles. The largest absolute Gasteiger partial charge is 0.493 e. The molecule has 0 fully saturated rings. The van der Waals surface area contributed by atoms with Gasteiger partial charge in [0.05, 0.1) is 21.3 Å². The molecule has 0 aliphatic rings. The molecule has 0 aliphatic heterocycles. The van der Waals surface area contributed by atoms with Crippen molar-refractivity contribution in [1.82, 2.24) is 5.48 Å². The zero-order valence-electron chi connectivity index (χ0n) is 14.8. The Balaban J connectivity index is 2.06. The minimum Gasteiger partial charge on any atom is -0.493 e. The summed E-state index contributed by atoms with van der Waals surface area (Å²) >= 11 is 0. The highest BCUT2D eigenvalue weighted by molar-refractivity contribution is 5.90. The minimum atomic E-state index is -0.590. The molecule has 0 atom stereocenters. The molecular weight excluding hydrogens is 338 g/mol. The third kappa shape index (κ3) is 4.90. The number of nitrogens with one attached hydrogen (secondary N) is 1. The Morgan fingerprint density at radius 3 is 2.15 bits per heavy atom. The van der Waals surface area contributed by atoms with Crippen LogP contribution in [-0.4, -0.2) is 32.4 Å². The molecule has 2 aromatic rings. The molecule has 1 amide bonds. The van der Waals surface area contributed by atoms with Crippen molar-refractivity contribution in [2.75, 3.05) is 21.3 Å². The summed E-state index contributed by atoms with van der Waals surface area (Å²) in [6.07, 6.45) is 2.81. The van der Waals surface area contributed by atoms with Gasteiger partial charge in [0, 0.05) is 6.08 Å². The molecule has 2 rings (SSSR count). The number of hydrogen-bond donors (Lipinski definition) is 2. The summed E-state index contributed by atoms with van der Waals surface area (Å²) in [5, 5.41) is 8.45. The van der Waals surface area contributed by atoms with Gasteiger partial charge in [-0.3, -0.25) is 10.0 Å². The highest BCUT2D eigenvalue weighted by atomic mass is 16.5. The van der Waals surface area contributed by atoms with Crippen molar-refractivity contribution < 1.29 is 28.9 Å². The van der Waals surface area contributed by atoms with Gasteiger partial charge in [0.25, 0.3) is 5.91 Å². The van der Waals surface area contributed by atoms with Gasteiger partial charge < -0.3 is 18.9 Å². The van der Waals surface area contributed by atoms with Crippen LogP contribution in [0, 0.1) is 0 Å². The quantitative estimate of drug-likeness (QED) is 0.428. The zero-order chi connectivity index (χ0) is 18.9. The second kappa shape index (κ2) is 9.33. The maximum atomic E-state index is 11.0. The van der Waals surface area contributed by atoms with Crippen molar-refractivity contribution in [3.8, 4) is 23.0 Å². The fourth-order valence-electron chi connectivity index (χ4n) is 2.27. The minimum absolute atomic E-state index is 0.318. The van der Waals surface area contributed by atoms with Gasteiger partial charge in [-0.05, 0) is 41.5 Å². The molecule has 0 unspecified atom stereocenters. The summed E-state index contributed by atoms with van der Waals surface area (Å²) in [4.78, 5) is 11.0. The highest BCUT2D eigenvalue weighted by Gasteiger charge is 2.13. The lowest BCUT2D eigenvalue weighted by Gasteiger charge is -2.14. The predicted octanol–water partition coefficient (Wildman–Crippen LogP) is 2.81. The lowest BCUT2D eigenvalue weighted by atomic mass is 10.2. The van der Waals surface area contributed by atoms with Crippen LogP contribution in [0.4, 0.5) is 0 Å². The summed E-state index contributed by atoms with van der Waals surface area (Å²) in [6.45, 7) is 0.318. The topological polar surface area (TPSA) is 86.3 Å². The number of ether oxygens (including phenoxy) is 4. The molecule has 26 heavy (non-hydrogen) atoms. The monoisotopic (exact) mass is 359 g/mol. The summed E-state index contributed by atoms with van der Waals surface area (Å²) in [5.74, 6) is 1.73. The zero-order valence-corrected chi connectivity index (χ0v) is 14.8. The van der Waals surface area contributed by atoms with Crippen LogP contribution in [0.1, 0.15) is 11.1 Å². The average molecular weight is 359 g/mol. The van der Waals surface area contributed by atoms with Gasteiger partial charge in [0.15, 0.2) is 11.5 Å². The number of benzene rings is 2. The molecule has 7 nitrogen and oxygen atoms in total. The summed E-state index contributed by atoms with van der Waals surface area (Å²) in [7, 11) is 4.67. The molecule has 0 spiro atoms. The van der Waals surface area contributed by atoms with Gasteiger partial charge in [0.2, 0.25) is 5.75 Å². The van der Waals surface area contributed by atoms with Crippen LogP contribution in [0.25, 0.3) is 6.08 Å². The number of hydroxylamine groups is 1. The number of carbonyl (C=O) groups is 1. The van der Waals surface area contributed by atoms with Crippen LogP contribution in [-0.2, 0) is 11.4 Å². The molecule has 0 heterocycles. The van der Waals surface area contributed by atoms with E-state index in [1.54, 1.807) is 51.7 Å². The van der Waals surface area contributed by atoms with Crippen LogP contribution in [0.2, 0.25) is 0 Å². The molecule has 138 valence electrons. The lowest BCUT2D eigenvalue weighted by Crippen LogP contribution is -2.14. The molecule has 0 saturated carbocycles. The van der Waals surface area contributed by atoms with E-state index in [0.29, 0.717) is 29.6 Å². The van der Waals surface area contributed by atoms with Crippen molar-refractivity contribution in [3.63, 3.8) is 0 Å². The predicted molar refractivity (Wildman–Crippen MR) is 95.8 cm³/mol. The first-order chi connectivity index (χ1) is 12.6. The standard InChI is InChI=1S/C19H21NO6/c1-23-16-10-14(11-17(24-2)19(16)25-3)12-26-15-7-4-13(5-8-15)6-9-18(21)20-22/h4-11,22H,12H2,1-3H3,(H,20,21)/b9-6+. The molecule has 0 aliphatic carbocycles. The molecule has 0 bridgehead atoms. The Bertz CT molecular complexity index is 745. The van der Waals surface area contributed by atoms with Crippen LogP contribution in [0.15, 0.2) is 42.5 Å². The Morgan fingerprint density at radius 1 is 1.04 bits per heavy atom. The van der Waals surface area contributed by atoms with Crippen LogP contribution >= 0.6 is 0 Å². The lowest BCUT2D eigenvalue weighted by molar-refractivity contribution is -0.124. The smallest absolute Gasteiger partial charge is 0.267 e. The highest BCUT2D eigenvalue weighted by Crippen LogP contribution is 2.38. The number of rotatable bonds is 8. The number of carbonyl (C=O) groups excluding carboxylic acids is 1. The average Bonchev–Trinajstić information content (AvgIpc) is 2.70. The fourth-order valence-corrected chi connectivity index (χ4v) is 2.27. The van der Waals surface area contributed by atoms with Crippen molar-refractivity contribution >= 4 is 12.0 Å². The van der Waals surface area contributed by atoms with Crippen molar-refractivity contribution in [3.05, 3.63) is 53.6 Å². The van der Waals surface area contributed by atoms with E-state index in [2.05, 4.69) is 0 Å². The van der Waals surface area contributed by atoms with Gasteiger partial charge in [-0.1, -0.05) is 12.1 Å². The third-order valence-corrected chi connectivity index (χ3v) is 3.55. The van der Waals surface area contributed by atoms with Crippen molar-refractivity contribution in [2.24, 2.45) is 0 Å². The van der Waals surface area contributed by atoms with Crippen molar-refractivity contribution in [2.45, 2.75) is 6.61 Å². The van der Waals surface area contributed by atoms with Gasteiger partial charge in [0.1, 0.15) is 12.4 Å². The Morgan fingerprint density at radius 2 is 1.65 bits per heavy atom. The molecule has 0 aromatic heterocycles. The van der Waals surface area contributed by atoms with E-state index >= 15 is 0 Å². The van der Waals surface area contributed by atoms with E-state index in [9.17, 15) is 4.79 Å².